The van der Waals surface area contributed by atoms with Crippen LogP contribution in [0.3, 0.4) is 0 Å². The minimum absolute atomic E-state index is 0.157. The molecule has 0 radical (unpaired) electrons. The molecule has 27 heavy (non-hydrogen) atoms. The average Bonchev–Trinajstić information content (AvgIpc) is 2.68. The molecule has 6 nitrogen and oxygen atoms in total. The molecule has 1 aliphatic rings. The SMILES string of the molecule is COc1ccc(C)cc1CN1CCN([C@@H](C)c2cccc([N+](=O)[O-])c2)CC1. The molecule has 0 unspecified atom stereocenters. The Kier molecular flexibility index (Phi) is 6.08. The first-order valence-corrected chi connectivity index (χ1v) is 9.32. The lowest BCUT2D eigenvalue weighted by Gasteiger charge is -2.38. The Labute approximate surface area is 160 Å². The van der Waals surface area contributed by atoms with Crippen molar-refractivity contribution in [3.05, 3.63) is 69.3 Å². The van der Waals surface area contributed by atoms with Crippen LogP contribution in [0.5, 0.6) is 5.75 Å². The monoisotopic (exact) mass is 369 g/mol. The second kappa shape index (κ2) is 8.50. The number of piperazine rings is 1. The third kappa shape index (κ3) is 4.64. The van der Waals surface area contributed by atoms with Crippen LogP contribution in [0.25, 0.3) is 0 Å². The zero-order valence-electron chi connectivity index (χ0n) is 16.2. The lowest BCUT2D eigenvalue weighted by Crippen LogP contribution is -2.46. The summed E-state index contributed by atoms with van der Waals surface area (Å²) in [5.74, 6) is 0.938. The summed E-state index contributed by atoms with van der Waals surface area (Å²) in [6, 6.07) is 13.4. The Hall–Kier alpha value is -2.44. The zero-order valence-corrected chi connectivity index (χ0v) is 16.2. The van der Waals surface area contributed by atoms with Gasteiger partial charge in [0.1, 0.15) is 5.75 Å². The van der Waals surface area contributed by atoms with Gasteiger partial charge in [0.2, 0.25) is 0 Å². The van der Waals surface area contributed by atoms with Crippen molar-refractivity contribution in [2.75, 3.05) is 33.3 Å². The Morgan fingerprint density at radius 3 is 2.56 bits per heavy atom. The number of hydrogen-bond donors (Lipinski definition) is 0. The van der Waals surface area contributed by atoms with E-state index in [1.54, 1.807) is 25.3 Å². The van der Waals surface area contributed by atoms with E-state index in [4.69, 9.17) is 4.74 Å². The summed E-state index contributed by atoms with van der Waals surface area (Å²) in [6.45, 7) is 8.92. The van der Waals surface area contributed by atoms with Gasteiger partial charge in [-0.15, -0.1) is 0 Å². The first-order valence-electron chi connectivity index (χ1n) is 9.32. The van der Waals surface area contributed by atoms with Gasteiger partial charge in [0, 0.05) is 56.5 Å². The second-order valence-corrected chi connectivity index (χ2v) is 7.16. The summed E-state index contributed by atoms with van der Waals surface area (Å²) in [5.41, 5.74) is 3.61. The number of rotatable bonds is 6. The predicted molar refractivity (Wildman–Crippen MR) is 106 cm³/mol. The van der Waals surface area contributed by atoms with Crippen LogP contribution in [0, 0.1) is 17.0 Å². The van der Waals surface area contributed by atoms with Crippen molar-refractivity contribution in [1.29, 1.82) is 0 Å². The van der Waals surface area contributed by atoms with Crippen LogP contribution in [0.15, 0.2) is 42.5 Å². The number of hydrogen-bond acceptors (Lipinski definition) is 5. The quantitative estimate of drug-likeness (QED) is 0.573. The number of benzene rings is 2. The van der Waals surface area contributed by atoms with Crippen molar-refractivity contribution >= 4 is 5.69 Å². The highest BCUT2D eigenvalue weighted by Crippen LogP contribution is 2.26. The average molecular weight is 369 g/mol. The van der Waals surface area contributed by atoms with Crippen molar-refractivity contribution in [1.82, 2.24) is 9.80 Å². The second-order valence-electron chi connectivity index (χ2n) is 7.16. The van der Waals surface area contributed by atoms with Gasteiger partial charge < -0.3 is 4.74 Å². The van der Waals surface area contributed by atoms with Crippen LogP contribution in [-0.2, 0) is 6.54 Å². The molecule has 0 aromatic heterocycles. The smallest absolute Gasteiger partial charge is 0.269 e. The van der Waals surface area contributed by atoms with Crippen LogP contribution in [-0.4, -0.2) is 48.0 Å². The minimum Gasteiger partial charge on any atom is -0.496 e. The molecular formula is C21H27N3O3. The van der Waals surface area contributed by atoms with Crippen molar-refractivity contribution in [3.63, 3.8) is 0 Å². The molecule has 0 saturated carbocycles. The van der Waals surface area contributed by atoms with Crippen molar-refractivity contribution in [3.8, 4) is 5.75 Å². The molecule has 1 heterocycles. The normalized spacial score (nSPS) is 16.9. The van der Waals surface area contributed by atoms with Gasteiger partial charge in [-0.1, -0.05) is 29.8 Å². The maximum atomic E-state index is 11.0. The van der Waals surface area contributed by atoms with Crippen molar-refractivity contribution in [2.24, 2.45) is 0 Å². The van der Waals surface area contributed by atoms with Gasteiger partial charge in [0.15, 0.2) is 0 Å². The molecular weight excluding hydrogens is 342 g/mol. The van der Waals surface area contributed by atoms with E-state index in [0.717, 1.165) is 44.0 Å². The number of nitrogens with zero attached hydrogens (tertiary/aromatic N) is 3. The fraction of sp³-hybridized carbons (Fsp3) is 0.429. The molecule has 1 atom stereocenters. The molecule has 1 fully saturated rings. The summed E-state index contributed by atoms with van der Waals surface area (Å²) in [5, 5.41) is 11.0. The zero-order chi connectivity index (χ0) is 19.4. The van der Waals surface area contributed by atoms with E-state index in [2.05, 4.69) is 35.8 Å². The maximum Gasteiger partial charge on any atom is 0.269 e. The molecule has 2 aromatic carbocycles. The summed E-state index contributed by atoms with van der Waals surface area (Å²) < 4.78 is 5.50. The molecule has 2 aromatic rings. The van der Waals surface area contributed by atoms with Gasteiger partial charge in [0.25, 0.3) is 5.69 Å². The van der Waals surface area contributed by atoms with E-state index in [9.17, 15) is 10.1 Å². The summed E-state index contributed by atoms with van der Waals surface area (Å²) in [4.78, 5) is 15.5. The Balaban J connectivity index is 1.61. The molecule has 1 saturated heterocycles. The number of nitro benzene ring substituents is 1. The lowest BCUT2D eigenvalue weighted by molar-refractivity contribution is -0.385. The van der Waals surface area contributed by atoms with Crippen LogP contribution in [0.2, 0.25) is 0 Å². The number of aryl methyl sites for hydroxylation is 1. The summed E-state index contributed by atoms with van der Waals surface area (Å²) in [7, 11) is 1.72. The number of methoxy groups -OCH3 is 1. The summed E-state index contributed by atoms with van der Waals surface area (Å²) in [6.07, 6.45) is 0. The van der Waals surface area contributed by atoms with E-state index in [0.29, 0.717) is 0 Å². The molecule has 6 heteroatoms. The van der Waals surface area contributed by atoms with E-state index in [-0.39, 0.29) is 16.7 Å². The molecule has 0 amide bonds. The molecule has 3 rings (SSSR count). The fourth-order valence-corrected chi connectivity index (χ4v) is 3.69. The maximum absolute atomic E-state index is 11.0. The van der Waals surface area contributed by atoms with Crippen LogP contribution < -0.4 is 4.74 Å². The molecule has 144 valence electrons. The number of ether oxygens (including phenoxy) is 1. The molecule has 0 bridgehead atoms. The van der Waals surface area contributed by atoms with Gasteiger partial charge in [-0.05, 0) is 25.5 Å². The van der Waals surface area contributed by atoms with Gasteiger partial charge in [-0.2, -0.15) is 0 Å². The van der Waals surface area contributed by atoms with Crippen molar-refractivity contribution < 1.29 is 9.66 Å². The fourth-order valence-electron chi connectivity index (χ4n) is 3.69. The minimum atomic E-state index is -0.330. The molecule has 0 spiro atoms. The Bertz CT molecular complexity index is 801. The van der Waals surface area contributed by atoms with Crippen LogP contribution in [0.1, 0.15) is 29.7 Å². The van der Waals surface area contributed by atoms with Crippen LogP contribution >= 0.6 is 0 Å². The molecule has 0 aliphatic carbocycles. The molecule has 0 N–H and O–H groups in total. The topological polar surface area (TPSA) is 58.8 Å². The standard InChI is InChI=1S/C21H27N3O3/c1-16-7-8-21(27-3)19(13-16)15-22-9-11-23(12-10-22)17(2)18-5-4-6-20(14-18)24(25)26/h4-8,13-14,17H,9-12,15H2,1-3H3/t17-/m0/s1. The third-order valence-corrected chi connectivity index (χ3v) is 5.35. The Morgan fingerprint density at radius 2 is 1.89 bits per heavy atom. The Morgan fingerprint density at radius 1 is 1.15 bits per heavy atom. The van der Waals surface area contributed by atoms with Gasteiger partial charge in [-0.25, -0.2) is 0 Å². The van der Waals surface area contributed by atoms with Crippen LogP contribution in [0.4, 0.5) is 5.69 Å². The van der Waals surface area contributed by atoms with Crippen molar-refractivity contribution in [2.45, 2.75) is 26.4 Å². The first-order chi connectivity index (χ1) is 13.0. The first kappa shape index (κ1) is 19.3. The summed E-state index contributed by atoms with van der Waals surface area (Å²) >= 11 is 0. The number of non-ortho nitro benzene ring substituents is 1. The predicted octanol–water partition coefficient (Wildman–Crippen LogP) is 3.79. The third-order valence-electron chi connectivity index (χ3n) is 5.35. The van der Waals surface area contributed by atoms with Gasteiger partial charge in [-0.3, -0.25) is 19.9 Å². The highest BCUT2D eigenvalue weighted by molar-refractivity contribution is 5.37. The largest absolute Gasteiger partial charge is 0.496 e. The van der Waals surface area contributed by atoms with E-state index in [1.165, 1.54) is 11.1 Å². The highest BCUT2D eigenvalue weighted by Gasteiger charge is 2.23. The highest BCUT2D eigenvalue weighted by atomic mass is 16.6. The van der Waals surface area contributed by atoms with Gasteiger partial charge >= 0.3 is 0 Å². The lowest BCUT2D eigenvalue weighted by atomic mass is 10.0. The van der Waals surface area contributed by atoms with E-state index in [1.807, 2.05) is 12.1 Å². The molecule has 1 aliphatic heterocycles. The van der Waals surface area contributed by atoms with E-state index >= 15 is 0 Å². The van der Waals surface area contributed by atoms with E-state index < -0.39 is 0 Å². The van der Waals surface area contributed by atoms with Gasteiger partial charge in [0.05, 0.1) is 12.0 Å². The number of nitro groups is 1.